The molecule has 0 saturated heterocycles. The minimum absolute atomic E-state index is 0.141. The van der Waals surface area contributed by atoms with Crippen molar-refractivity contribution in [1.29, 1.82) is 0 Å². The molecule has 0 saturated carbocycles. The first kappa shape index (κ1) is 16.6. The quantitative estimate of drug-likeness (QED) is 0.255. The zero-order valence-electron chi connectivity index (χ0n) is 11.0. The summed E-state index contributed by atoms with van der Waals surface area (Å²) < 4.78 is 4.77. The molecule has 0 rings (SSSR count). The summed E-state index contributed by atoms with van der Waals surface area (Å²) in [6.45, 7) is 2.24. The Kier molecular flexibility index (Phi) is 13.3. The maximum Gasteiger partial charge on any atom is 0.320 e. The fourth-order valence-corrected chi connectivity index (χ4v) is 1.70. The fraction of sp³-hybridized carbons (Fsp3) is 0.786. The van der Waals surface area contributed by atoms with E-state index in [9.17, 15) is 4.79 Å². The Morgan fingerprint density at radius 1 is 1.06 bits per heavy atom. The Morgan fingerprint density at radius 2 is 1.65 bits per heavy atom. The number of hydrogen-bond acceptors (Lipinski definition) is 3. The second-order valence-electron chi connectivity index (χ2n) is 4.28. The van der Waals surface area contributed by atoms with Crippen molar-refractivity contribution >= 4 is 18.6 Å². The van der Waals surface area contributed by atoms with Crippen LogP contribution in [-0.2, 0) is 9.53 Å². The maximum absolute atomic E-state index is 10.7. The Balaban J connectivity index is 3.10. The Hall–Kier alpha value is -0.440. The van der Waals surface area contributed by atoms with Gasteiger partial charge in [0.2, 0.25) is 0 Å². The molecule has 2 nitrogen and oxygen atoms in total. The lowest BCUT2D eigenvalue weighted by Crippen LogP contribution is -1.99. The van der Waals surface area contributed by atoms with E-state index in [4.69, 9.17) is 4.74 Å². The van der Waals surface area contributed by atoms with Crippen LogP contribution < -0.4 is 0 Å². The van der Waals surface area contributed by atoms with Gasteiger partial charge in [0.05, 0.1) is 12.0 Å². The number of allylic oxidation sites excluding steroid dienone is 1. The van der Waals surface area contributed by atoms with Gasteiger partial charge in [0, 0.05) is 0 Å². The van der Waals surface area contributed by atoms with Crippen LogP contribution in [0.2, 0.25) is 0 Å². The molecule has 100 valence electrons. The average molecular weight is 258 g/mol. The predicted molar refractivity (Wildman–Crippen MR) is 76.3 cm³/mol. The normalized spacial score (nSPS) is 10.9. The zero-order chi connectivity index (χ0) is 12.8. The highest BCUT2D eigenvalue weighted by Crippen LogP contribution is 2.09. The van der Waals surface area contributed by atoms with Crippen molar-refractivity contribution in [3.05, 3.63) is 12.3 Å². The number of thiol groups is 1. The van der Waals surface area contributed by atoms with Crippen molar-refractivity contribution in [2.24, 2.45) is 0 Å². The number of esters is 1. The van der Waals surface area contributed by atoms with E-state index in [-0.39, 0.29) is 11.7 Å². The summed E-state index contributed by atoms with van der Waals surface area (Å²) in [4.78, 5) is 10.7. The molecule has 0 aliphatic carbocycles. The summed E-state index contributed by atoms with van der Waals surface area (Å²) in [5.74, 6) is -0.150. The molecule has 0 bridgehead atoms. The molecule has 0 radical (unpaired) electrons. The van der Waals surface area contributed by atoms with Gasteiger partial charge < -0.3 is 4.74 Å². The largest absolute Gasteiger partial charge is 0.434 e. The lowest BCUT2D eigenvalue weighted by Gasteiger charge is -1.99. The van der Waals surface area contributed by atoms with Crippen LogP contribution in [-0.4, -0.2) is 11.7 Å². The summed E-state index contributed by atoms with van der Waals surface area (Å²) in [6, 6.07) is 0. The smallest absolute Gasteiger partial charge is 0.320 e. The third-order valence-corrected chi connectivity index (χ3v) is 2.91. The molecular weight excluding hydrogens is 232 g/mol. The molecule has 0 aromatic rings. The summed E-state index contributed by atoms with van der Waals surface area (Å²) in [5, 5.41) is 0. The van der Waals surface area contributed by atoms with Gasteiger partial charge in [0.15, 0.2) is 0 Å². The first-order valence-electron chi connectivity index (χ1n) is 6.76. The third kappa shape index (κ3) is 13.5. The lowest BCUT2D eigenvalue weighted by atomic mass is 10.1. The van der Waals surface area contributed by atoms with Gasteiger partial charge in [-0.3, -0.25) is 4.79 Å². The van der Waals surface area contributed by atoms with E-state index in [1.165, 1.54) is 57.6 Å². The fourth-order valence-electron chi connectivity index (χ4n) is 1.63. The molecule has 0 aromatic heterocycles. The van der Waals surface area contributed by atoms with Crippen molar-refractivity contribution in [1.82, 2.24) is 0 Å². The van der Waals surface area contributed by atoms with Crippen LogP contribution in [0.4, 0.5) is 0 Å². The molecule has 17 heavy (non-hydrogen) atoms. The van der Waals surface area contributed by atoms with Crippen LogP contribution >= 0.6 is 12.6 Å². The van der Waals surface area contributed by atoms with Crippen molar-refractivity contribution in [2.75, 3.05) is 5.75 Å². The number of hydrogen-bond donors (Lipinski definition) is 1. The van der Waals surface area contributed by atoms with Gasteiger partial charge >= 0.3 is 5.97 Å². The topological polar surface area (TPSA) is 26.3 Å². The van der Waals surface area contributed by atoms with Crippen molar-refractivity contribution < 1.29 is 9.53 Å². The van der Waals surface area contributed by atoms with Crippen LogP contribution in [0.1, 0.15) is 64.7 Å². The summed E-state index contributed by atoms with van der Waals surface area (Å²) in [5.41, 5.74) is 0. The highest BCUT2D eigenvalue weighted by molar-refractivity contribution is 7.81. The van der Waals surface area contributed by atoms with E-state index >= 15 is 0 Å². The molecule has 0 heterocycles. The van der Waals surface area contributed by atoms with Gasteiger partial charge in [-0.1, -0.05) is 51.9 Å². The number of rotatable bonds is 11. The van der Waals surface area contributed by atoms with Crippen molar-refractivity contribution in [3.8, 4) is 0 Å². The van der Waals surface area contributed by atoms with E-state index in [1.54, 1.807) is 0 Å². The second kappa shape index (κ2) is 13.6. The van der Waals surface area contributed by atoms with E-state index in [1.807, 2.05) is 6.08 Å². The van der Waals surface area contributed by atoms with Gasteiger partial charge in [0.1, 0.15) is 0 Å². The Labute approximate surface area is 111 Å². The van der Waals surface area contributed by atoms with Crippen molar-refractivity contribution in [3.63, 3.8) is 0 Å². The van der Waals surface area contributed by atoms with Crippen molar-refractivity contribution in [2.45, 2.75) is 64.7 Å². The predicted octanol–water partition coefficient (Wildman–Crippen LogP) is 4.50. The highest BCUT2D eigenvalue weighted by atomic mass is 32.1. The molecule has 0 aliphatic rings. The lowest BCUT2D eigenvalue weighted by molar-refractivity contribution is -0.134. The van der Waals surface area contributed by atoms with Gasteiger partial charge in [0.25, 0.3) is 0 Å². The summed E-state index contributed by atoms with van der Waals surface area (Å²) in [6.07, 6.45) is 15.0. The average Bonchev–Trinajstić information content (AvgIpc) is 2.35. The van der Waals surface area contributed by atoms with Crippen LogP contribution in [0.5, 0.6) is 0 Å². The molecule has 0 spiro atoms. The third-order valence-electron chi connectivity index (χ3n) is 2.65. The molecular formula is C14H26O2S. The standard InChI is InChI=1S/C14H26O2S/c1-2-3-4-5-6-7-8-9-10-11-12-16-14(15)13-17/h11-12,17H,2-10,13H2,1H3/b12-11+. The van der Waals surface area contributed by atoms with E-state index in [2.05, 4.69) is 19.6 Å². The molecule has 0 atom stereocenters. The van der Waals surface area contributed by atoms with Crippen LogP contribution in [0.25, 0.3) is 0 Å². The highest BCUT2D eigenvalue weighted by Gasteiger charge is 1.93. The number of ether oxygens (including phenoxy) is 1. The number of carbonyl (C=O) groups is 1. The van der Waals surface area contributed by atoms with Crippen LogP contribution in [0.15, 0.2) is 12.3 Å². The molecule has 0 amide bonds. The maximum atomic E-state index is 10.7. The molecule has 3 heteroatoms. The van der Waals surface area contributed by atoms with Crippen LogP contribution in [0.3, 0.4) is 0 Å². The van der Waals surface area contributed by atoms with Gasteiger partial charge in [-0.15, -0.1) is 0 Å². The minimum atomic E-state index is -0.291. The van der Waals surface area contributed by atoms with Gasteiger partial charge in [-0.2, -0.15) is 12.6 Å². The molecule has 0 aliphatic heterocycles. The van der Waals surface area contributed by atoms with Gasteiger partial charge in [-0.05, 0) is 18.9 Å². The second-order valence-corrected chi connectivity index (χ2v) is 4.60. The van der Waals surface area contributed by atoms with E-state index < -0.39 is 0 Å². The molecule has 0 aromatic carbocycles. The minimum Gasteiger partial charge on any atom is -0.434 e. The summed E-state index contributed by atoms with van der Waals surface area (Å²) >= 11 is 3.81. The Bertz CT molecular complexity index is 202. The van der Waals surface area contributed by atoms with Crippen LogP contribution in [0, 0.1) is 0 Å². The number of unbranched alkanes of at least 4 members (excludes halogenated alkanes) is 8. The SMILES string of the molecule is CCCCCCCCCC/C=C/OC(=O)CS. The molecule has 0 fully saturated rings. The Morgan fingerprint density at radius 3 is 2.24 bits per heavy atom. The monoisotopic (exact) mass is 258 g/mol. The summed E-state index contributed by atoms with van der Waals surface area (Å²) in [7, 11) is 0. The van der Waals surface area contributed by atoms with E-state index in [0.29, 0.717) is 0 Å². The molecule has 0 unspecified atom stereocenters. The van der Waals surface area contributed by atoms with E-state index in [0.717, 1.165) is 6.42 Å². The zero-order valence-corrected chi connectivity index (χ0v) is 11.9. The first-order valence-corrected chi connectivity index (χ1v) is 7.39. The van der Waals surface area contributed by atoms with Gasteiger partial charge in [-0.25, -0.2) is 0 Å². The molecule has 0 N–H and O–H groups in total. The number of carbonyl (C=O) groups excluding carboxylic acids is 1. The first-order chi connectivity index (χ1) is 8.31.